The van der Waals surface area contributed by atoms with Crippen molar-refractivity contribution in [2.45, 2.75) is 38.8 Å². The number of nitrogens with one attached hydrogen (secondary N) is 2. The van der Waals surface area contributed by atoms with E-state index < -0.39 is 11.9 Å². The van der Waals surface area contributed by atoms with Gasteiger partial charge in [-0.1, -0.05) is 0 Å². The largest absolute Gasteiger partial charge is 0.379 e. The molecule has 15 heteroatoms. The number of aromatic nitrogens is 2. The van der Waals surface area contributed by atoms with Crippen LogP contribution in [-0.4, -0.2) is 74.7 Å². The molecule has 0 aliphatic carbocycles. The Hall–Kier alpha value is -1.67. The number of rotatable bonds is 5. The Labute approximate surface area is 274 Å². The van der Waals surface area contributed by atoms with E-state index in [2.05, 4.69) is 60.2 Å². The van der Waals surface area contributed by atoms with E-state index in [1.807, 2.05) is 48.6 Å². The third-order valence-corrected chi connectivity index (χ3v) is 6.14. The first-order valence-electron chi connectivity index (χ1n) is 12.7. The summed E-state index contributed by atoms with van der Waals surface area (Å²) in [5.41, 5.74) is 5.18. The van der Waals surface area contributed by atoms with Gasteiger partial charge in [0.15, 0.2) is 0 Å². The fraction of sp³-hybridized carbons (Fsp3) is 0.538. The normalized spacial score (nSPS) is 15.3. The van der Waals surface area contributed by atoms with Gasteiger partial charge in [-0.05, 0) is 71.2 Å². The molecule has 10 nitrogen and oxygen atoms in total. The number of morpholine rings is 2. The zero-order chi connectivity index (χ0) is 29.8. The number of pyridine rings is 2. The van der Waals surface area contributed by atoms with Crippen molar-refractivity contribution in [3.8, 4) is 12.1 Å². The van der Waals surface area contributed by atoms with Crippen molar-refractivity contribution in [2.75, 3.05) is 62.8 Å². The molecule has 4 rings (SSSR count). The van der Waals surface area contributed by atoms with Gasteiger partial charge in [-0.3, -0.25) is 0 Å². The van der Waals surface area contributed by atoms with E-state index in [0.29, 0.717) is 16.4 Å². The first-order chi connectivity index (χ1) is 19.1. The van der Waals surface area contributed by atoms with Gasteiger partial charge in [0.25, 0.3) is 0 Å². The van der Waals surface area contributed by atoms with E-state index in [1.165, 1.54) is 0 Å². The molecule has 2 aromatic rings. The Kier molecular flexibility index (Phi) is 22.9. The highest BCUT2D eigenvalue weighted by Gasteiger charge is 2.14. The lowest BCUT2D eigenvalue weighted by atomic mass is 10.2. The Bertz CT molecular complexity index is 1020. The summed E-state index contributed by atoms with van der Waals surface area (Å²) in [6.07, 6.45) is 0.931. The quantitative estimate of drug-likeness (QED) is 0.292. The van der Waals surface area contributed by atoms with Crippen molar-refractivity contribution in [2.24, 2.45) is 5.73 Å². The molecule has 0 saturated carbocycles. The molecule has 4 heterocycles. The first-order valence-corrected chi connectivity index (χ1v) is 14.8. The Balaban J connectivity index is 0.000000602. The van der Waals surface area contributed by atoms with Crippen LogP contribution in [0.25, 0.3) is 0 Å². The fourth-order valence-corrected chi connectivity index (χ4v) is 4.14. The van der Waals surface area contributed by atoms with Crippen LogP contribution in [0.15, 0.2) is 24.3 Å². The maximum absolute atomic E-state index is 12.1. The maximum Gasteiger partial charge on any atom is 0.216 e. The summed E-state index contributed by atoms with van der Waals surface area (Å²) in [5.74, 6) is 0.247. The zero-order valence-corrected chi connectivity index (χ0v) is 28.2. The van der Waals surface area contributed by atoms with Gasteiger partial charge in [-0.2, -0.15) is 24.3 Å². The molecule has 2 saturated heterocycles. The summed E-state index contributed by atoms with van der Waals surface area (Å²) in [5, 5.41) is 23.0. The molecule has 0 aromatic carbocycles. The molecule has 2 unspecified atom stereocenters. The number of hydrogen-bond acceptors (Lipinski definition) is 10. The molecule has 2 aromatic heterocycles. The maximum atomic E-state index is 12.1. The third-order valence-electron chi connectivity index (χ3n) is 4.89. The van der Waals surface area contributed by atoms with Gasteiger partial charge in [0.1, 0.15) is 11.6 Å². The number of nitrogens with zero attached hydrogens (tertiary/aromatic N) is 5. The molecule has 2 fully saturated rings. The standard InChI is InChI=1S/C13H17IN4O.C5H2F2IN.C4H8N2.C4H9NO.ClH/c1-10(2-3-15)16-12-8-11(14)9-13(17-12)18-4-6-19-7-5-18;6-4-1-3(8)2-5(7)9-4;1-4(6)2-3-5;1-3-6-4-2-5-1;/h8-10H,2,4-7H2,1H3,(H,16,17);1-2H;4H,2,6H2,1H3;5H,1-4H2;1H. The molecular formula is C26H37ClF2I2N8O2. The Morgan fingerprint density at radius 1 is 0.951 bits per heavy atom. The lowest BCUT2D eigenvalue weighted by molar-refractivity contribution is 0.109. The number of nitriles is 2. The molecule has 228 valence electrons. The molecule has 0 spiro atoms. The van der Waals surface area contributed by atoms with E-state index in [0.717, 1.165) is 79.9 Å². The summed E-state index contributed by atoms with van der Waals surface area (Å²) in [7, 11) is 0. The highest BCUT2D eigenvalue weighted by molar-refractivity contribution is 14.1. The van der Waals surface area contributed by atoms with Gasteiger partial charge in [0, 0.05) is 64.0 Å². The van der Waals surface area contributed by atoms with Crippen molar-refractivity contribution in [3.63, 3.8) is 0 Å². The lowest BCUT2D eigenvalue weighted by Crippen LogP contribution is -2.37. The van der Waals surface area contributed by atoms with E-state index in [9.17, 15) is 8.78 Å². The van der Waals surface area contributed by atoms with Gasteiger partial charge >= 0.3 is 0 Å². The summed E-state index contributed by atoms with van der Waals surface area (Å²) >= 11 is 4.10. The molecule has 41 heavy (non-hydrogen) atoms. The molecule has 0 bridgehead atoms. The highest BCUT2D eigenvalue weighted by atomic mass is 127. The Morgan fingerprint density at radius 3 is 1.90 bits per heavy atom. The minimum absolute atomic E-state index is 0. The monoisotopic (exact) mass is 820 g/mol. The minimum Gasteiger partial charge on any atom is -0.379 e. The van der Waals surface area contributed by atoms with Crippen molar-refractivity contribution >= 4 is 69.2 Å². The van der Waals surface area contributed by atoms with Gasteiger partial charge < -0.3 is 30.7 Å². The second-order valence-electron chi connectivity index (χ2n) is 8.67. The summed E-state index contributed by atoms with van der Waals surface area (Å²) in [4.78, 5) is 9.75. The third kappa shape index (κ3) is 20.0. The van der Waals surface area contributed by atoms with Gasteiger partial charge in [-0.25, -0.2) is 4.98 Å². The number of ether oxygens (including phenoxy) is 2. The number of nitrogens with two attached hydrogens (primary N) is 1. The van der Waals surface area contributed by atoms with Gasteiger partial charge in [0.05, 0.1) is 45.0 Å². The number of anilines is 2. The second kappa shape index (κ2) is 23.8. The van der Waals surface area contributed by atoms with Crippen LogP contribution in [0.1, 0.15) is 26.7 Å². The highest BCUT2D eigenvalue weighted by Crippen LogP contribution is 2.21. The van der Waals surface area contributed by atoms with Crippen LogP contribution in [0, 0.1) is 41.7 Å². The molecular weight excluding hydrogens is 784 g/mol. The van der Waals surface area contributed by atoms with E-state index in [-0.39, 0.29) is 24.5 Å². The van der Waals surface area contributed by atoms with Gasteiger partial charge in [-0.15, -0.1) is 12.4 Å². The van der Waals surface area contributed by atoms with Crippen LogP contribution in [0.5, 0.6) is 0 Å². The zero-order valence-electron chi connectivity index (χ0n) is 23.1. The summed E-state index contributed by atoms with van der Waals surface area (Å²) < 4.78 is 36.2. The predicted octanol–water partition coefficient (Wildman–Crippen LogP) is 4.48. The number of halogens is 5. The SMILES string of the molecule is C1COCCN1.CC(CC#N)Nc1cc(I)cc(N2CCOCC2)n1.CC(N)CC#N.Cl.Fc1cc(I)cc(F)n1. The lowest BCUT2D eigenvalue weighted by Gasteiger charge is -2.28. The van der Waals surface area contributed by atoms with Crippen molar-refractivity contribution in [3.05, 3.63) is 43.3 Å². The van der Waals surface area contributed by atoms with E-state index >= 15 is 0 Å². The van der Waals surface area contributed by atoms with Crippen molar-refractivity contribution in [1.29, 1.82) is 10.5 Å². The summed E-state index contributed by atoms with van der Waals surface area (Å²) in [6.45, 7) is 10.9. The van der Waals surface area contributed by atoms with Crippen LogP contribution in [0.3, 0.4) is 0 Å². The van der Waals surface area contributed by atoms with Crippen LogP contribution in [0.4, 0.5) is 20.4 Å². The first kappa shape index (κ1) is 39.3. The topological polar surface area (TPSA) is 145 Å². The van der Waals surface area contributed by atoms with Crippen LogP contribution in [0.2, 0.25) is 0 Å². The molecule has 2 aliphatic rings. The smallest absolute Gasteiger partial charge is 0.216 e. The molecule has 0 amide bonds. The molecule has 2 atom stereocenters. The average Bonchev–Trinajstić information content (AvgIpc) is 2.90. The van der Waals surface area contributed by atoms with Crippen LogP contribution in [-0.2, 0) is 9.47 Å². The van der Waals surface area contributed by atoms with Crippen LogP contribution < -0.4 is 21.3 Å². The van der Waals surface area contributed by atoms with E-state index in [4.69, 9.17) is 25.7 Å². The number of hydrogen-bond donors (Lipinski definition) is 3. The molecule has 4 N–H and O–H groups in total. The summed E-state index contributed by atoms with van der Waals surface area (Å²) in [6, 6.07) is 10.6. The molecule has 0 radical (unpaired) electrons. The fourth-order valence-electron chi connectivity index (χ4n) is 3.05. The molecule has 2 aliphatic heterocycles. The Morgan fingerprint density at radius 2 is 1.49 bits per heavy atom. The van der Waals surface area contributed by atoms with E-state index in [1.54, 1.807) is 0 Å². The predicted molar refractivity (Wildman–Crippen MR) is 175 cm³/mol. The van der Waals surface area contributed by atoms with Gasteiger partial charge in [0.2, 0.25) is 11.9 Å². The van der Waals surface area contributed by atoms with Crippen molar-refractivity contribution in [1.82, 2.24) is 15.3 Å². The minimum atomic E-state index is -0.778. The van der Waals surface area contributed by atoms with Crippen LogP contribution >= 0.6 is 57.6 Å². The second-order valence-corrected chi connectivity index (χ2v) is 11.2. The average molecular weight is 821 g/mol. The van der Waals surface area contributed by atoms with Crippen molar-refractivity contribution < 1.29 is 18.3 Å².